The van der Waals surface area contributed by atoms with Gasteiger partial charge in [-0.05, 0) is 48.5 Å². The number of halogens is 2. The zero-order valence-corrected chi connectivity index (χ0v) is 13.2. The summed E-state index contributed by atoms with van der Waals surface area (Å²) < 4.78 is 23.6. The molecule has 0 bridgehead atoms. The van der Waals surface area contributed by atoms with Crippen LogP contribution in [-0.4, -0.2) is 5.91 Å². The van der Waals surface area contributed by atoms with Gasteiger partial charge in [0, 0.05) is 11.3 Å². The van der Waals surface area contributed by atoms with Crippen LogP contribution in [0, 0.1) is 5.82 Å². The number of nitrogens with one attached hydrogen (secondary N) is 1. The maximum atomic E-state index is 13.0. The molecule has 3 rings (SSSR count). The number of anilines is 1. The van der Waals surface area contributed by atoms with Gasteiger partial charge in [0.2, 0.25) is 0 Å². The van der Waals surface area contributed by atoms with E-state index in [1.807, 2.05) is 0 Å². The molecule has 0 atom stereocenters. The van der Waals surface area contributed by atoms with Gasteiger partial charge in [-0.25, -0.2) is 4.39 Å². The summed E-state index contributed by atoms with van der Waals surface area (Å²) >= 11 is 5.95. The number of furan rings is 1. The SMILES string of the molecule is O=C(Nc1ccc(OCc2ccc(F)cc2Cl)cc1)c1ccco1. The monoisotopic (exact) mass is 345 g/mol. The van der Waals surface area contributed by atoms with Gasteiger partial charge in [-0.1, -0.05) is 17.7 Å². The zero-order valence-electron chi connectivity index (χ0n) is 12.5. The summed E-state index contributed by atoms with van der Waals surface area (Å²) in [5.74, 6) is 0.125. The maximum Gasteiger partial charge on any atom is 0.291 e. The van der Waals surface area contributed by atoms with E-state index in [1.54, 1.807) is 42.5 Å². The Balaban J connectivity index is 1.59. The van der Waals surface area contributed by atoms with Crippen LogP contribution in [0.25, 0.3) is 0 Å². The van der Waals surface area contributed by atoms with Crippen molar-refractivity contribution in [2.75, 3.05) is 5.32 Å². The molecule has 0 aliphatic heterocycles. The van der Waals surface area contributed by atoms with Crippen molar-refractivity contribution in [3.63, 3.8) is 0 Å². The fourth-order valence-corrected chi connectivity index (χ4v) is 2.26. The number of benzene rings is 2. The molecule has 6 heteroatoms. The molecule has 0 saturated heterocycles. The minimum atomic E-state index is -0.389. The van der Waals surface area contributed by atoms with E-state index in [4.69, 9.17) is 20.8 Å². The van der Waals surface area contributed by atoms with Crippen molar-refractivity contribution in [3.8, 4) is 5.75 Å². The highest BCUT2D eigenvalue weighted by molar-refractivity contribution is 6.31. The average molecular weight is 346 g/mol. The molecule has 0 radical (unpaired) electrons. The Labute approximate surface area is 142 Å². The summed E-state index contributed by atoms with van der Waals surface area (Å²) in [6.07, 6.45) is 1.44. The number of ether oxygens (including phenoxy) is 1. The quantitative estimate of drug-likeness (QED) is 0.715. The Kier molecular flexibility index (Phi) is 4.82. The van der Waals surface area contributed by atoms with E-state index in [0.29, 0.717) is 22.0 Å². The summed E-state index contributed by atoms with van der Waals surface area (Å²) in [7, 11) is 0. The summed E-state index contributed by atoms with van der Waals surface area (Å²) in [6, 6.07) is 14.2. The standard InChI is InChI=1S/C18H13ClFNO3/c19-16-10-13(20)4-3-12(16)11-24-15-7-5-14(6-8-15)21-18(22)17-2-1-9-23-17/h1-10H,11H2,(H,21,22). The molecule has 3 aromatic rings. The lowest BCUT2D eigenvalue weighted by Gasteiger charge is -2.09. The topological polar surface area (TPSA) is 51.5 Å². The summed E-state index contributed by atoms with van der Waals surface area (Å²) in [4.78, 5) is 11.9. The van der Waals surface area contributed by atoms with Gasteiger partial charge in [-0.3, -0.25) is 4.79 Å². The van der Waals surface area contributed by atoms with Crippen LogP contribution < -0.4 is 10.1 Å². The van der Waals surface area contributed by atoms with E-state index in [2.05, 4.69) is 5.32 Å². The molecule has 1 aromatic heterocycles. The number of hydrogen-bond donors (Lipinski definition) is 1. The molecule has 1 amide bonds. The first-order valence-corrected chi connectivity index (χ1v) is 7.51. The summed E-state index contributed by atoms with van der Waals surface area (Å²) in [5, 5.41) is 3.03. The van der Waals surface area contributed by atoms with Crippen molar-refractivity contribution in [1.82, 2.24) is 0 Å². The summed E-state index contributed by atoms with van der Waals surface area (Å²) in [6.45, 7) is 0.219. The first kappa shape index (κ1) is 16.1. The minimum absolute atomic E-state index is 0.219. The third kappa shape index (κ3) is 3.94. The summed E-state index contributed by atoms with van der Waals surface area (Å²) in [5.41, 5.74) is 1.30. The molecule has 0 aliphatic rings. The van der Waals surface area contributed by atoms with Crippen molar-refractivity contribution in [1.29, 1.82) is 0 Å². The molecular formula is C18H13ClFNO3. The van der Waals surface area contributed by atoms with Crippen LogP contribution in [0.1, 0.15) is 16.1 Å². The Morgan fingerprint density at radius 2 is 1.96 bits per heavy atom. The van der Waals surface area contributed by atoms with Crippen molar-refractivity contribution in [2.24, 2.45) is 0 Å². The van der Waals surface area contributed by atoms with Gasteiger partial charge in [0.15, 0.2) is 5.76 Å². The molecule has 2 aromatic carbocycles. The molecule has 1 N–H and O–H groups in total. The molecule has 0 unspecified atom stereocenters. The molecule has 24 heavy (non-hydrogen) atoms. The first-order chi connectivity index (χ1) is 11.6. The lowest BCUT2D eigenvalue weighted by molar-refractivity contribution is 0.0996. The Hall–Kier alpha value is -2.79. The maximum absolute atomic E-state index is 13.0. The van der Waals surface area contributed by atoms with Gasteiger partial charge in [0.05, 0.1) is 11.3 Å². The van der Waals surface area contributed by atoms with Crippen molar-refractivity contribution < 1.29 is 18.3 Å². The van der Waals surface area contributed by atoms with Crippen LogP contribution in [0.15, 0.2) is 65.3 Å². The van der Waals surface area contributed by atoms with Crippen LogP contribution >= 0.6 is 11.6 Å². The second-order valence-electron chi connectivity index (χ2n) is 4.98. The molecule has 0 spiro atoms. The van der Waals surface area contributed by atoms with E-state index < -0.39 is 0 Å². The number of hydrogen-bond acceptors (Lipinski definition) is 3. The van der Waals surface area contributed by atoms with E-state index in [-0.39, 0.29) is 24.1 Å². The van der Waals surface area contributed by atoms with E-state index in [0.717, 1.165) is 0 Å². The van der Waals surface area contributed by atoms with Crippen molar-refractivity contribution in [3.05, 3.63) is 83.0 Å². The fourth-order valence-electron chi connectivity index (χ4n) is 2.03. The van der Waals surface area contributed by atoms with Crippen LogP contribution in [0.2, 0.25) is 5.02 Å². The molecule has 4 nitrogen and oxygen atoms in total. The van der Waals surface area contributed by atoms with Crippen LogP contribution in [0.3, 0.4) is 0 Å². The first-order valence-electron chi connectivity index (χ1n) is 7.13. The van der Waals surface area contributed by atoms with Gasteiger partial charge >= 0.3 is 0 Å². The number of amides is 1. The number of rotatable bonds is 5. The third-order valence-corrected chi connectivity index (χ3v) is 3.62. The highest BCUT2D eigenvalue weighted by Gasteiger charge is 2.08. The lowest BCUT2D eigenvalue weighted by Crippen LogP contribution is -2.10. The predicted octanol–water partition coefficient (Wildman–Crippen LogP) is 4.90. The minimum Gasteiger partial charge on any atom is -0.489 e. The highest BCUT2D eigenvalue weighted by atomic mass is 35.5. The van der Waals surface area contributed by atoms with Gasteiger partial charge in [-0.2, -0.15) is 0 Å². The van der Waals surface area contributed by atoms with E-state index in [1.165, 1.54) is 18.4 Å². The normalized spacial score (nSPS) is 10.4. The van der Waals surface area contributed by atoms with Gasteiger partial charge < -0.3 is 14.5 Å². The van der Waals surface area contributed by atoms with Gasteiger partial charge in [0.1, 0.15) is 18.2 Å². The largest absolute Gasteiger partial charge is 0.489 e. The van der Waals surface area contributed by atoms with Crippen LogP contribution in [-0.2, 0) is 6.61 Å². The average Bonchev–Trinajstić information content (AvgIpc) is 3.10. The van der Waals surface area contributed by atoms with Crippen molar-refractivity contribution >= 4 is 23.2 Å². The smallest absolute Gasteiger partial charge is 0.291 e. The van der Waals surface area contributed by atoms with E-state index >= 15 is 0 Å². The molecule has 122 valence electrons. The highest BCUT2D eigenvalue weighted by Crippen LogP contribution is 2.21. The van der Waals surface area contributed by atoms with Crippen molar-refractivity contribution in [2.45, 2.75) is 6.61 Å². The lowest BCUT2D eigenvalue weighted by atomic mass is 10.2. The molecule has 0 aliphatic carbocycles. The zero-order chi connectivity index (χ0) is 16.9. The predicted molar refractivity (Wildman–Crippen MR) is 88.8 cm³/mol. The van der Waals surface area contributed by atoms with Crippen LogP contribution in [0.5, 0.6) is 5.75 Å². The Morgan fingerprint density at radius 1 is 1.17 bits per heavy atom. The second kappa shape index (κ2) is 7.19. The van der Waals surface area contributed by atoms with E-state index in [9.17, 15) is 9.18 Å². The third-order valence-electron chi connectivity index (χ3n) is 3.27. The van der Waals surface area contributed by atoms with Crippen LogP contribution in [0.4, 0.5) is 10.1 Å². The second-order valence-corrected chi connectivity index (χ2v) is 5.39. The molecule has 0 fully saturated rings. The van der Waals surface area contributed by atoms with Gasteiger partial charge in [-0.15, -0.1) is 0 Å². The number of carbonyl (C=O) groups is 1. The Bertz CT molecular complexity index is 832. The fraction of sp³-hybridized carbons (Fsp3) is 0.0556. The Morgan fingerprint density at radius 3 is 2.62 bits per heavy atom. The number of carbonyl (C=O) groups excluding carboxylic acids is 1. The molecular weight excluding hydrogens is 333 g/mol. The van der Waals surface area contributed by atoms with Gasteiger partial charge in [0.25, 0.3) is 5.91 Å². The molecule has 1 heterocycles. The molecule has 0 saturated carbocycles.